The van der Waals surface area contributed by atoms with Crippen LogP contribution in [0.15, 0.2) is 19.6 Å². The highest BCUT2D eigenvalue weighted by Gasteiger charge is 2.24. The van der Waals surface area contributed by atoms with Gasteiger partial charge in [0.25, 0.3) is 23.8 Å². The number of thioether (sulfide) groups is 4. The van der Waals surface area contributed by atoms with Crippen LogP contribution in [0.25, 0.3) is 0 Å². The molecule has 0 aromatic carbocycles. The van der Waals surface area contributed by atoms with Gasteiger partial charge in [-0.05, 0) is 0 Å². The van der Waals surface area contributed by atoms with Crippen molar-refractivity contribution in [2.75, 3.05) is 15.9 Å². The Balaban J connectivity index is 0.000000250. The average Bonchev–Trinajstić information content (AvgIpc) is 2.99. The van der Waals surface area contributed by atoms with Crippen LogP contribution in [0.4, 0.5) is 58.5 Å². The maximum absolute atomic E-state index is 13.6. The van der Waals surface area contributed by atoms with Crippen molar-refractivity contribution in [1.82, 2.24) is 19.9 Å². The Hall–Kier alpha value is -2.17. The summed E-state index contributed by atoms with van der Waals surface area (Å²) in [7, 11) is 0. The summed E-state index contributed by atoms with van der Waals surface area (Å²) >= 11 is 18.5. The first kappa shape index (κ1) is 38.3. The molecule has 46 heavy (non-hydrogen) atoms. The van der Waals surface area contributed by atoms with E-state index in [9.17, 15) is 52.7 Å². The summed E-state index contributed by atoms with van der Waals surface area (Å²) in [6.45, 7) is 0. The highest BCUT2D eigenvalue weighted by molar-refractivity contribution is 8.16. The standard InChI is InChI=1S/C11H4Cl2F5N3S2.C11H2ClF7N2S2/c12-2-6(4(14)9(17)20-8(2)16)22-1-23-7-3(13)11(19)21-10(18)5(7)15;12-2-6(5(15)10(18)20-8(2)16)22-1-23-7-3(13)4(14)9(17)21-11(7)19/h1H2,(H2,19,21);1H2. The number of anilines is 1. The van der Waals surface area contributed by atoms with Crippen molar-refractivity contribution < 1.29 is 52.7 Å². The van der Waals surface area contributed by atoms with Crippen LogP contribution in [-0.4, -0.2) is 30.1 Å². The molecule has 0 radical (unpaired) electrons. The number of hydrogen-bond acceptors (Lipinski definition) is 9. The summed E-state index contributed by atoms with van der Waals surface area (Å²) in [5, 5.41) is -2.49. The van der Waals surface area contributed by atoms with Gasteiger partial charge in [0.15, 0.2) is 23.3 Å². The van der Waals surface area contributed by atoms with Gasteiger partial charge < -0.3 is 5.73 Å². The summed E-state index contributed by atoms with van der Waals surface area (Å²) in [5.74, 6) is -19.9. The summed E-state index contributed by atoms with van der Waals surface area (Å²) < 4.78 is 158. The molecule has 24 heteroatoms. The molecule has 4 rings (SSSR count). The lowest BCUT2D eigenvalue weighted by Crippen LogP contribution is -2.02. The SMILES string of the molecule is Fc1nc(F)c(SCSc2c(F)c(F)nc(F)c2Cl)c(F)c1F.Nc1nc(F)c(F)c(SCSc2c(F)c(F)nc(F)c2Cl)c1Cl. The fourth-order valence-electron chi connectivity index (χ4n) is 2.71. The number of hydrogen-bond donors (Lipinski definition) is 1. The molecule has 4 aromatic rings. The average molecular weight is 803 g/mol. The predicted octanol–water partition coefficient (Wildman–Crippen LogP) is 9.85. The van der Waals surface area contributed by atoms with E-state index in [2.05, 4.69) is 19.9 Å². The lowest BCUT2D eigenvalue weighted by molar-refractivity contribution is 0.381. The van der Waals surface area contributed by atoms with Gasteiger partial charge in [-0.1, -0.05) is 34.8 Å². The van der Waals surface area contributed by atoms with Crippen molar-refractivity contribution >= 4 is 87.7 Å². The molecule has 248 valence electrons. The summed E-state index contributed by atoms with van der Waals surface area (Å²) in [6.07, 6.45) is 0. The summed E-state index contributed by atoms with van der Waals surface area (Å²) in [4.78, 5) is 8.20. The Bertz CT molecular complexity index is 1670. The fraction of sp³-hybridized carbons (Fsp3) is 0.0909. The van der Waals surface area contributed by atoms with E-state index in [-0.39, 0.29) is 26.8 Å². The topological polar surface area (TPSA) is 77.6 Å². The second-order valence-electron chi connectivity index (χ2n) is 7.51. The van der Waals surface area contributed by atoms with Crippen molar-refractivity contribution in [3.8, 4) is 0 Å². The molecule has 0 amide bonds. The number of pyridine rings is 4. The van der Waals surface area contributed by atoms with E-state index < -0.39 is 106 Å². The van der Waals surface area contributed by atoms with Crippen LogP contribution in [0, 0.1) is 70.7 Å². The maximum atomic E-state index is 13.6. The molecule has 0 bridgehead atoms. The van der Waals surface area contributed by atoms with Gasteiger partial charge in [-0.3, -0.25) is 0 Å². The molecule has 4 aromatic heterocycles. The van der Waals surface area contributed by atoms with E-state index in [1.807, 2.05) is 0 Å². The zero-order chi connectivity index (χ0) is 34.6. The van der Waals surface area contributed by atoms with Crippen LogP contribution in [0.2, 0.25) is 15.1 Å². The smallest absolute Gasteiger partial charge is 0.254 e. The molecule has 0 unspecified atom stereocenters. The van der Waals surface area contributed by atoms with Crippen LogP contribution in [0.1, 0.15) is 0 Å². The van der Waals surface area contributed by atoms with E-state index in [0.29, 0.717) is 35.3 Å². The largest absolute Gasteiger partial charge is 0.382 e. The fourth-order valence-corrected chi connectivity index (χ4v) is 7.60. The van der Waals surface area contributed by atoms with E-state index in [1.165, 1.54) is 0 Å². The maximum Gasteiger partial charge on any atom is 0.254 e. The molecule has 4 heterocycles. The van der Waals surface area contributed by atoms with Gasteiger partial charge in [0.1, 0.15) is 20.8 Å². The number of nitrogens with zero attached hydrogens (tertiary/aromatic N) is 4. The molecular formula is C22H6Cl3F12N5S4. The minimum absolute atomic E-state index is 0.195. The monoisotopic (exact) mass is 801 g/mol. The third kappa shape index (κ3) is 8.64. The van der Waals surface area contributed by atoms with E-state index >= 15 is 0 Å². The molecule has 0 aliphatic carbocycles. The molecule has 0 saturated heterocycles. The summed E-state index contributed by atoms with van der Waals surface area (Å²) in [6, 6.07) is 0. The number of nitrogens with two attached hydrogens (primary N) is 1. The van der Waals surface area contributed by atoms with E-state index in [0.717, 1.165) is 0 Å². The van der Waals surface area contributed by atoms with Crippen LogP contribution in [0.3, 0.4) is 0 Å². The van der Waals surface area contributed by atoms with Crippen molar-refractivity contribution in [2.24, 2.45) is 0 Å². The van der Waals surface area contributed by atoms with E-state index in [1.54, 1.807) is 0 Å². The second kappa shape index (κ2) is 16.3. The third-order valence-corrected chi connectivity index (χ3v) is 10.7. The second-order valence-corrected chi connectivity index (χ2v) is 13.3. The lowest BCUT2D eigenvalue weighted by atomic mass is 10.4. The Kier molecular flexibility index (Phi) is 13.6. The third-order valence-electron chi connectivity index (χ3n) is 4.71. The first-order chi connectivity index (χ1) is 21.5. The Morgan fingerprint density at radius 3 is 1.15 bits per heavy atom. The van der Waals surface area contributed by atoms with Gasteiger partial charge >= 0.3 is 0 Å². The van der Waals surface area contributed by atoms with Gasteiger partial charge in [0.2, 0.25) is 23.7 Å². The Labute approximate surface area is 280 Å². The Morgan fingerprint density at radius 1 is 0.391 bits per heavy atom. The number of nitrogen functional groups attached to an aromatic ring is 1. The highest BCUT2D eigenvalue weighted by atomic mass is 35.5. The van der Waals surface area contributed by atoms with Crippen LogP contribution < -0.4 is 5.73 Å². The van der Waals surface area contributed by atoms with Crippen molar-refractivity contribution in [2.45, 2.75) is 19.6 Å². The first-order valence-electron chi connectivity index (χ1n) is 10.9. The van der Waals surface area contributed by atoms with Crippen LogP contribution >= 0.6 is 81.9 Å². The molecule has 0 spiro atoms. The van der Waals surface area contributed by atoms with Crippen LogP contribution in [-0.2, 0) is 0 Å². The quantitative estimate of drug-likeness (QED) is 0.0811. The van der Waals surface area contributed by atoms with Gasteiger partial charge in [-0.25, -0.2) is 17.6 Å². The predicted molar refractivity (Wildman–Crippen MR) is 149 cm³/mol. The number of halogens is 15. The van der Waals surface area contributed by atoms with Gasteiger partial charge in [0.05, 0.1) is 19.7 Å². The van der Waals surface area contributed by atoms with Crippen LogP contribution in [0.5, 0.6) is 0 Å². The molecule has 0 aliphatic heterocycles. The highest BCUT2D eigenvalue weighted by Crippen LogP contribution is 2.40. The van der Waals surface area contributed by atoms with Gasteiger partial charge in [-0.15, -0.1) is 47.0 Å². The van der Waals surface area contributed by atoms with Gasteiger partial charge in [-0.2, -0.15) is 55.1 Å². The molecule has 0 atom stereocenters. The molecular weight excluding hydrogens is 797 g/mol. The van der Waals surface area contributed by atoms with Gasteiger partial charge in [0, 0.05) is 10.2 Å². The number of aromatic nitrogens is 4. The molecule has 0 saturated carbocycles. The minimum atomic E-state index is -1.98. The molecule has 2 N–H and O–H groups in total. The number of rotatable bonds is 8. The summed E-state index contributed by atoms with van der Waals surface area (Å²) in [5.41, 5.74) is 5.30. The molecule has 0 aliphatic rings. The first-order valence-corrected chi connectivity index (χ1v) is 16.0. The zero-order valence-corrected chi connectivity index (χ0v) is 26.6. The lowest BCUT2D eigenvalue weighted by Gasteiger charge is -2.09. The van der Waals surface area contributed by atoms with E-state index in [4.69, 9.17) is 40.5 Å². The normalized spacial score (nSPS) is 11.1. The van der Waals surface area contributed by atoms with Crippen molar-refractivity contribution in [3.05, 3.63) is 85.8 Å². The minimum Gasteiger partial charge on any atom is -0.382 e. The molecule has 0 fully saturated rings. The van der Waals surface area contributed by atoms with Crippen molar-refractivity contribution in [3.63, 3.8) is 0 Å². The molecule has 5 nitrogen and oxygen atoms in total. The van der Waals surface area contributed by atoms with Crippen molar-refractivity contribution in [1.29, 1.82) is 0 Å². The zero-order valence-electron chi connectivity index (χ0n) is 21.1. The Morgan fingerprint density at radius 2 is 0.717 bits per heavy atom.